The van der Waals surface area contributed by atoms with E-state index in [1.54, 1.807) is 6.20 Å². The number of hydrogen-bond acceptors (Lipinski definition) is 5. The summed E-state index contributed by atoms with van der Waals surface area (Å²) < 4.78 is 0. The van der Waals surface area contributed by atoms with Crippen LogP contribution in [-0.4, -0.2) is 29.0 Å². The van der Waals surface area contributed by atoms with Gasteiger partial charge in [0.15, 0.2) is 0 Å². The molecule has 0 saturated heterocycles. The summed E-state index contributed by atoms with van der Waals surface area (Å²) in [4.78, 5) is 20.6. The average molecular weight is 377 g/mol. The van der Waals surface area contributed by atoms with Crippen LogP contribution in [0.2, 0.25) is 0 Å². The van der Waals surface area contributed by atoms with E-state index in [0.717, 1.165) is 28.1 Å². The Morgan fingerprint density at radius 1 is 1.04 bits per heavy atom. The molecule has 0 aliphatic heterocycles. The second-order valence-corrected chi connectivity index (χ2v) is 6.85. The van der Waals surface area contributed by atoms with Crippen LogP contribution in [0, 0.1) is 0 Å². The number of carbonyl (C=O) groups is 1. The van der Waals surface area contributed by atoms with Crippen molar-refractivity contribution in [1.29, 1.82) is 0 Å². The van der Waals surface area contributed by atoms with Gasteiger partial charge in [0.1, 0.15) is 10.5 Å². The van der Waals surface area contributed by atoms with E-state index < -0.39 is 0 Å². The van der Waals surface area contributed by atoms with Crippen LogP contribution in [0.15, 0.2) is 66.3 Å². The number of benzene rings is 1. The summed E-state index contributed by atoms with van der Waals surface area (Å²) in [6.07, 6.45) is 3.59. The summed E-state index contributed by atoms with van der Waals surface area (Å²) in [7, 11) is 0. The Balaban J connectivity index is 1.38. The molecule has 3 heterocycles. The van der Waals surface area contributed by atoms with Gasteiger partial charge in [-0.25, -0.2) is 4.98 Å². The number of carbonyl (C=O) groups excluding carboxylic acids is 1. The number of anilines is 3. The van der Waals surface area contributed by atoms with Gasteiger partial charge in [0.25, 0.3) is 5.91 Å². The van der Waals surface area contributed by atoms with Crippen molar-refractivity contribution in [1.82, 2.24) is 15.3 Å². The van der Waals surface area contributed by atoms with Crippen molar-refractivity contribution < 1.29 is 4.79 Å². The highest BCUT2D eigenvalue weighted by atomic mass is 32.1. The highest BCUT2D eigenvalue weighted by molar-refractivity contribution is 7.12. The minimum atomic E-state index is -0.0817. The fraction of sp³-hybridized carbons (Fsp3) is 0.100. The number of fused-ring (bicyclic) bond motifs is 1. The molecule has 0 radical (unpaired) electrons. The van der Waals surface area contributed by atoms with E-state index in [1.165, 1.54) is 11.3 Å². The Bertz CT molecular complexity index is 1040. The van der Waals surface area contributed by atoms with Crippen LogP contribution < -0.4 is 16.0 Å². The zero-order valence-corrected chi connectivity index (χ0v) is 15.3. The van der Waals surface area contributed by atoms with Crippen molar-refractivity contribution in [2.24, 2.45) is 0 Å². The molecule has 4 N–H and O–H groups in total. The van der Waals surface area contributed by atoms with E-state index in [1.807, 2.05) is 60.1 Å². The Morgan fingerprint density at radius 2 is 1.93 bits per heavy atom. The lowest BCUT2D eigenvalue weighted by atomic mass is 10.2. The summed E-state index contributed by atoms with van der Waals surface area (Å²) in [5.74, 6) is -0.0817. The van der Waals surface area contributed by atoms with Crippen LogP contribution in [0.4, 0.5) is 17.1 Å². The molecule has 0 aliphatic rings. The first-order valence-electron chi connectivity index (χ1n) is 8.65. The lowest BCUT2D eigenvalue weighted by Crippen LogP contribution is -2.28. The molecule has 0 atom stereocenters. The molecular weight excluding hydrogens is 358 g/mol. The first-order chi connectivity index (χ1) is 13.3. The van der Waals surface area contributed by atoms with Gasteiger partial charge in [-0.2, -0.15) is 0 Å². The predicted octanol–water partition coefficient (Wildman–Crippen LogP) is 4.21. The monoisotopic (exact) mass is 377 g/mol. The van der Waals surface area contributed by atoms with Gasteiger partial charge in [-0.3, -0.25) is 4.79 Å². The van der Waals surface area contributed by atoms with E-state index in [2.05, 4.69) is 25.9 Å². The topological polar surface area (TPSA) is 81.8 Å². The van der Waals surface area contributed by atoms with Crippen molar-refractivity contribution in [3.05, 3.63) is 71.2 Å². The van der Waals surface area contributed by atoms with Gasteiger partial charge in [0.05, 0.1) is 11.4 Å². The van der Waals surface area contributed by atoms with Crippen molar-refractivity contribution >= 4 is 45.3 Å². The number of rotatable bonds is 7. The Labute approximate surface area is 160 Å². The third kappa shape index (κ3) is 3.93. The number of pyridine rings is 1. The zero-order chi connectivity index (χ0) is 18.5. The molecule has 27 heavy (non-hydrogen) atoms. The van der Waals surface area contributed by atoms with Gasteiger partial charge in [-0.15, -0.1) is 11.3 Å². The number of amides is 1. The number of para-hydroxylation sites is 1. The number of nitrogens with zero attached hydrogens (tertiary/aromatic N) is 1. The molecular formula is C20H19N5OS. The van der Waals surface area contributed by atoms with Gasteiger partial charge in [0, 0.05) is 36.6 Å². The van der Waals surface area contributed by atoms with Crippen molar-refractivity contribution in [3.8, 4) is 0 Å². The van der Waals surface area contributed by atoms with E-state index in [-0.39, 0.29) is 5.91 Å². The van der Waals surface area contributed by atoms with E-state index in [4.69, 9.17) is 0 Å². The Morgan fingerprint density at radius 3 is 2.81 bits per heavy atom. The average Bonchev–Trinajstić information content (AvgIpc) is 3.36. The molecule has 1 aromatic carbocycles. The third-order valence-corrected chi connectivity index (χ3v) is 5.03. The molecule has 0 bridgehead atoms. The normalized spacial score (nSPS) is 10.7. The second-order valence-electron chi connectivity index (χ2n) is 5.94. The molecule has 136 valence electrons. The number of aromatic amines is 1. The maximum atomic E-state index is 12.6. The zero-order valence-electron chi connectivity index (χ0n) is 14.5. The summed E-state index contributed by atoms with van der Waals surface area (Å²) >= 11 is 1.42. The fourth-order valence-electron chi connectivity index (χ4n) is 2.82. The number of hydrogen-bond donors (Lipinski definition) is 4. The molecule has 3 aromatic heterocycles. The van der Waals surface area contributed by atoms with Crippen molar-refractivity contribution in [2.45, 2.75) is 0 Å². The van der Waals surface area contributed by atoms with Crippen molar-refractivity contribution in [3.63, 3.8) is 0 Å². The molecule has 4 rings (SSSR count). The van der Waals surface area contributed by atoms with Crippen LogP contribution in [0.3, 0.4) is 0 Å². The van der Waals surface area contributed by atoms with E-state index in [9.17, 15) is 4.79 Å². The first-order valence-corrected chi connectivity index (χ1v) is 9.53. The third-order valence-electron chi connectivity index (χ3n) is 4.11. The SMILES string of the molecule is O=C(NCCNc1ccccc1)c1sccc1Nc1ccnc2[nH]ccc12. The van der Waals surface area contributed by atoms with Gasteiger partial charge in [-0.1, -0.05) is 18.2 Å². The first kappa shape index (κ1) is 17.1. The van der Waals surface area contributed by atoms with Gasteiger partial charge in [-0.05, 0) is 35.7 Å². The summed E-state index contributed by atoms with van der Waals surface area (Å²) in [6.45, 7) is 1.21. The number of nitrogens with one attached hydrogen (secondary N) is 4. The van der Waals surface area contributed by atoms with Crippen LogP contribution in [0.25, 0.3) is 11.0 Å². The van der Waals surface area contributed by atoms with Gasteiger partial charge in [0.2, 0.25) is 0 Å². The lowest BCUT2D eigenvalue weighted by Gasteiger charge is -2.10. The smallest absolute Gasteiger partial charge is 0.263 e. The molecule has 0 fully saturated rings. The summed E-state index contributed by atoms with van der Waals surface area (Å²) in [5.41, 5.74) is 3.56. The minimum Gasteiger partial charge on any atom is -0.383 e. The Hall–Kier alpha value is -3.32. The van der Waals surface area contributed by atoms with Crippen LogP contribution >= 0.6 is 11.3 Å². The molecule has 0 spiro atoms. The fourth-order valence-corrected chi connectivity index (χ4v) is 3.58. The highest BCUT2D eigenvalue weighted by Gasteiger charge is 2.14. The molecule has 4 aromatic rings. The minimum absolute atomic E-state index is 0.0817. The van der Waals surface area contributed by atoms with Crippen LogP contribution in [0.5, 0.6) is 0 Å². The Kier molecular flexibility index (Phi) is 5.02. The highest BCUT2D eigenvalue weighted by Crippen LogP contribution is 2.29. The largest absolute Gasteiger partial charge is 0.383 e. The molecule has 7 heteroatoms. The van der Waals surface area contributed by atoms with Gasteiger partial charge >= 0.3 is 0 Å². The second kappa shape index (κ2) is 7.92. The summed E-state index contributed by atoms with van der Waals surface area (Å²) in [5, 5.41) is 12.5. The van der Waals surface area contributed by atoms with Crippen molar-refractivity contribution in [2.75, 3.05) is 23.7 Å². The van der Waals surface area contributed by atoms with Crippen LogP contribution in [0.1, 0.15) is 9.67 Å². The van der Waals surface area contributed by atoms with Crippen LogP contribution in [-0.2, 0) is 0 Å². The van der Waals surface area contributed by atoms with E-state index >= 15 is 0 Å². The lowest BCUT2D eigenvalue weighted by molar-refractivity contribution is 0.0960. The number of H-pyrrole nitrogens is 1. The molecule has 0 unspecified atom stereocenters. The van der Waals surface area contributed by atoms with E-state index in [0.29, 0.717) is 18.0 Å². The maximum absolute atomic E-state index is 12.6. The quantitative estimate of drug-likeness (QED) is 0.364. The molecule has 0 aliphatic carbocycles. The van der Waals surface area contributed by atoms with Gasteiger partial charge < -0.3 is 20.9 Å². The molecule has 6 nitrogen and oxygen atoms in total. The standard InChI is InChI=1S/C20H19N5OS/c26-20(24-12-11-21-14-4-2-1-3-5-14)18-17(8-13-27-18)25-16-7-10-23-19-15(16)6-9-22-19/h1-10,13,21H,11-12H2,(H,24,26)(H2,22,23,25). The maximum Gasteiger partial charge on any atom is 0.263 e. The number of thiophene rings is 1. The predicted molar refractivity (Wildman–Crippen MR) is 111 cm³/mol. The number of aromatic nitrogens is 2. The molecule has 1 amide bonds. The summed E-state index contributed by atoms with van der Waals surface area (Å²) in [6, 6.07) is 15.7. The molecule has 0 saturated carbocycles.